The Kier molecular flexibility index (Phi) is 7.66. The molecule has 3 rings (SSSR count). The van der Waals surface area contributed by atoms with E-state index in [-0.39, 0.29) is 24.4 Å². The van der Waals surface area contributed by atoms with Crippen LogP contribution in [0.25, 0.3) is 0 Å². The zero-order chi connectivity index (χ0) is 18.5. The van der Waals surface area contributed by atoms with Crippen molar-refractivity contribution in [3.05, 3.63) is 59.2 Å². The molecule has 5 nitrogen and oxygen atoms in total. The van der Waals surface area contributed by atoms with E-state index in [1.807, 2.05) is 37.3 Å². The minimum Gasteiger partial charge on any atom is -0.496 e. The topological polar surface area (TPSA) is 53.6 Å². The maximum atomic E-state index is 12.7. The molecule has 0 bridgehead atoms. The van der Waals surface area contributed by atoms with Crippen LogP contribution in [-0.4, -0.2) is 44.1 Å². The zero-order valence-electron chi connectivity index (χ0n) is 16.1. The van der Waals surface area contributed by atoms with E-state index in [0.29, 0.717) is 6.54 Å². The van der Waals surface area contributed by atoms with Gasteiger partial charge >= 0.3 is 0 Å². The van der Waals surface area contributed by atoms with Crippen LogP contribution in [0.5, 0.6) is 5.75 Å². The third-order valence-electron chi connectivity index (χ3n) is 5.08. The highest BCUT2D eigenvalue weighted by molar-refractivity contribution is 5.93. The molecule has 0 radical (unpaired) electrons. The van der Waals surface area contributed by atoms with Gasteiger partial charge in [-0.3, -0.25) is 9.69 Å². The summed E-state index contributed by atoms with van der Waals surface area (Å²) in [6, 6.07) is 14.1. The maximum absolute atomic E-state index is 12.7. The first-order valence-electron chi connectivity index (χ1n) is 9.04. The number of rotatable bonds is 5. The molecule has 1 amide bonds. The normalized spacial score (nSPS) is 17.1. The lowest BCUT2D eigenvalue weighted by molar-refractivity contribution is -0.118. The average molecular weight is 390 g/mol. The predicted octanol–water partition coefficient (Wildman–Crippen LogP) is 3.32. The van der Waals surface area contributed by atoms with Crippen LogP contribution in [0.3, 0.4) is 0 Å². The molecule has 2 aromatic carbocycles. The minimum atomic E-state index is 0. The summed E-state index contributed by atoms with van der Waals surface area (Å²) in [5.74, 6) is 0.877. The highest BCUT2D eigenvalue weighted by atomic mass is 35.5. The fourth-order valence-electron chi connectivity index (χ4n) is 3.44. The van der Waals surface area contributed by atoms with Crippen LogP contribution in [0, 0.1) is 13.8 Å². The average Bonchev–Trinajstić information content (AvgIpc) is 2.66. The van der Waals surface area contributed by atoms with Crippen LogP contribution < -0.4 is 15.4 Å². The van der Waals surface area contributed by atoms with Crippen LogP contribution >= 0.6 is 12.4 Å². The number of nitrogens with zero attached hydrogens (tertiary/aromatic N) is 1. The second-order valence-corrected chi connectivity index (χ2v) is 6.73. The molecule has 6 heteroatoms. The number of carbonyl (C=O) groups excluding carboxylic acids is 1. The van der Waals surface area contributed by atoms with Crippen LogP contribution in [0.4, 0.5) is 5.69 Å². The van der Waals surface area contributed by atoms with Crippen molar-refractivity contribution in [1.29, 1.82) is 0 Å². The maximum Gasteiger partial charge on any atom is 0.238 e. The number of aryl methyl sites for hydroxylation is 1. The van der Waals surface area contributed by atoms with Gasteiger partial charge in [0.05, 0.1) is 19.7 Å². The number of nitrogens with one attached hydrogen (secondary N) is 2. The number of anilines is 1. The largest absolute Gasteiger partial charge is 0.496 e. The number of piperazine rings is 1. The third kappa shape index (κ3) is 5.01. The van der Waals surface area contributed by atoms with E-state index in [1.54, 1.807) is 7.11 Å². The molecule has 0 spiro atoms. The highest BCUT2D eigenvalue weighted by Crippen LogP contribution is 2.30. The van der Waals surface area contributed by atoms with Gasteiger partial charge in [-0.25, -0.2) is 0 Å². The molecule has 2 N–H and O–H groups in total. The molecule has 1 heterocycles. The molecule has 2 aromatic rings. The Morgan fingerprint density at radius 1 is 1.22 bits per heavy atom. The number of hydrogen-bond acceptors (Lipinski definition) is 4. The first kappa shape index (κ1) is 21.2. The van der Waals surface area contributed by atoms with Gasteiger partial charge in [0.1, 0.15) is 5.75 Å². The standard InChI is InChI=1S/C21H27N3O2.ClH/c1-15-7-6-9-18(16(15)2)23-21(25)14-24-12-11-22-13-19(24)17-8-4-5-10-20(17)26-3;/h4-10,19,22H,11-14H2,1-3H3,(H,23,25);1H. The molecule has 146 valence electrons. The number of amides is 1. The summed E-state index contributed by atoms with van der Waals surface area (Å²) < 4.78 is 5.52. The predicted molar refractivity (Wildman–Crippen MR) is 112 cm³/mol. The Morgan fingerprint density at radius 2 is 2.00 bits per heavy atom. The van der Waals surface area contributed by atoms with Crippen molar-refractivity contribution in [3.8, 4) is 5.75 Å². The number of methoxy groups -OCH3 is 1. The molecule has 1 aliphatic rings. The van der Waals surface area contributed by atoms with Crippen molar-refractivity contribution in [2.24, 2.45) is 0 Å². The van der Waals surface area contributed by atoms with Gasteiger partial charge < -0.3 is 15.4 Å². The van der Waals surface area contributed by atoms with Crippen LogP contribution in [-0.2, 0) is 4.79 Å². The molecular weight excluding hydrogens is 362 g/mol. The lowest BCUT2D eigenvalue weighted by Crippen LogP contribution is -2.48. The van der Waals surface area contributed by atoms with Gasteiger partial charge in [0.15, 0.2) is 0 Å². The molecule has 1 atom stereocenters. The van der Waals surface area contributed by atoms with Crippen molar-refractivity contribution in [2.45, 2.75) is 19.9 Å². The van der Waals surface area contributed by atoms with E-state index in [0.717, 1.165) is 42.2 Å². The molecule has 0 aliphatic carbocycles. The van der Waals surface area contributed by atoms with Crippen LogP contribution in [0.1, 0.15) is 22.7 Å². The molecule has 1 unspecified atom stereocenters. The number of benzene rings is 2. The van der Waals surface area contributed by atoms with E-state index in [1.165, 1.54) is 5.56 Å². The van der Waals surface area contributed by atoms with Gasteiger partial charge in [-0.05, 0) is 37.1 Å². The smallest absolute Gasteiger partial charge is 0.238 e. The zero-order valence-corrected chi connectivity index (χ0v) is 16.9. The van der Waals surface area contributed by atoms with E-state index in [2.05, 4.69) is 34.6 Å². The Bertz CT molecular complexity index is 782. The van der Waals surface area contributed by atoms with Gasteiger partial charge in [0.2, 0.25) is 5.91 Å². The number of hydrogen-bond donors (Lipinski definition) is 2. The molecular formula is C21H28ClN3O2. The Hall–Kier alpha value is -2.08. The molecule has 1 saturated heterocycles. The molecule has 27 heavy (non-hydrogen) atoms. The molecule has 0 aromatic heterocycles. The summed E-state index contributed by atoms with van der Waals surface area (Å²) in [4.78, 5) is 14.9. The number of ether oxygens (including phenoxy) is 1. The van der Waals surface area contributed by atoms with Crippen molar-refractivity contribution in [2.75, 3.05) is 38.6 Å². The van der Waals surface area contributed by atoms with E-state index in [9.17, 15) is 4.79 Å². The SMILES string of the molecule is COc1ccccc1C1CNCCN1CC(=O)Nc1cccc(C)c1C.Cl. The molecule has 0 saturated carbocycles. The summed E-state index contributed by atoms with van der Waals surface area (Å²) in [6.07, 6.45) is 0. The fourth-order valence-corrected chi connectivity index (χ4v) is 3.44. The number of halogens is 1. The van der Waals surface area contributed by atoms with Crippen molar-refractivity contribution < 1.29 is 9.53 Å². The van der Waals surface area contributed by atoms with Crippen LogP contribution in [0.15, 0.2) is 42.5 Å². The summed E-state index contributed by atoms with van der Waals surface area (Å²) in [7, 11) is 1.69. The van der Waals surface area contributed by atoms with E-state index in [4.69, 9.17) is 4.74 Å². The number of carbonyl (C=O) groups is 1. The summed E-state index contributed by atoms with van der Waals surface area (Å²) >= 11 is 0. The Balaban J connectivity index is 0.00000261. The number of para-hydroxylation sites is 1. The quantitative estimate of drug-likeness (QED) is 0.823. The Morgan fingerprint density at radius 3 is 2.78 bits per heavy atom. The second-order valence-electron chi connectivity index (χ2n) is 6.73. The van der Waals surface area contributed by atoms with Gasteiger partial charge in [-0.15, -0.1) is 12.4 Å². The monoisotopic (exact) mass is 389 g/mol. The summed E-state index contributed by atoms with van der Waals surface area (Å²) in [6.45, 7) is 6.95. The van der Waals surface area contributed by atoms with Gasteiger partial charge in [0, 0.05) is 30.9 Å². The van der Waals surface area contributed by atoms with Gasteiger partial charge in [-0.2, -0.15) is 0 Å². The van der Waals surface area contributed by atoms with Crippen molar-refractivity contribution in [3.63, 3.8) is 0 Å². The molecule has 1 fully saturated rings. The van der Waals surface area contributed by atoms with Crippen LogP contribution in [0.2, 0.25) is 0 Å². The lowest BCUT2D eigenvalue weighted by atomic mass is 10.0. The minimum absolute atomic E-state index is 0. The molecule has 1 aliphatic heterocycles. The van der Waals surface area contributed by atoms with Gasteiger partial charge in [-0.1, -0.05) is 30.3 Å². The van der Waals surface area contributed by atoms with E-state index < -0.39 is 0 Å². The van der Waals surface area contributed by atoms with Crippen molar-refractivity contribution >= 4 is 24.0 Å². The van der Waals surface area contributed by atoms with Gasteiger partial charge in [0.25, 0.3) is 0 Å². The summed E-state index contributed by atoms with van der Waals surface area (Å²) in [5, 5.41) is 6.49. The fraction of sp³-hybridized carbons (Fsp3) is 0.381. The van der Waals surface area contributed by atoms with E-state index >= 15 is 0 Å². The second kappa shape index (κ2) is 9.74. The van der Waals surface area contributed by atoms with Crippen molar-refractivity contribution in [1.82, 2.24) is 10.2 Å². The first-order valence-corrected chi connectivity index (χ1v) is 9.04. The first-order chi connectivity index (χ1) is 12.6. The highest BCUT2D eigenvalue weighted by Gasteiger charge is 2.27. The Labute approximate surface area is 167 Å². The summed E-state index contributed by atoms with van der Waals surface area (Å²) in [5.41, 5.74) is 4.29. The third-order valence-corrected chi connectivity index (χ3v) is 5.08. The lowest BCUT2D eigenvalue weighted by Gasteiger charge is -2.36.